The van der Waals surface area contributed by atoms with E-state index in [9.17, 15) is 18.3 Å². The first-order valence-electron chi connectivity index (χ1n) is 10.6. The number of amides is 1. The molecule has 3 aromatic rings. The third kappa shape index (κ3) is 4.96. The van der Waals surface area contributed by atoms with Gasteiger partial charge in [0.15, 0.2) is 0 Å². The standard InChI is InChI=1S/C24H23ClN2O6S/c1-2-32-17-7-9-18(10-8-17)33-22-12-11-19(15-21(22)25)34(30,31)27-14-13-16-5-3-4-6-20(16)23(27)26-24(28)29/h3-12,15,23,26H,2,13-14H2,1H3,(H,28,29). The number of rotatable bonds is 7. The minimum absolute atomic E-state index is 0.0619. The van der Waals surface area contributed by atoms with Crippen LogP contribution in [0, 0.1) is 0 Å². The minimum atomic E-state index is -4.07. The highest BCUT2D eigenvalue weighted by Gasteiger charge is 2.37. The summed E-state index contributed by atoms with van der Waals surface area (Å²) in [5.74, 6) is 1.50. The Labute approximate surface area is 202 Å². The molecule has 8 nitrogen and oxygen atoms in total. The molecule has 1 amide bonds. The van der Waals surface area contributed by atoms with Crippen LogP contribution in [0.2, 0.25) is 5.02 Å². The maximum Gasteiger partial charge on any atom is 0.406 e. The Kier molecular flexibility index (Phi) is 6.97. The van der Waals surface area contributed by atoms with E-state index in [-0.39, 0.29) is 22.2 Å². The molecular weight excluding hydrogens is 480 g/mol. The second-order valence-corrected chi connectivity index (χ2v) is 9.81. The molecule has 0 radical (unpaired) electrons. The summed E-state index contributed by atoms with van der Waals surface area (Å²) < 4.78 is 39.3. The van der Waals surface area contributed by atoms with Crippen LogP contribution in [0.4, 0.5) is 4.79 Å². The van der Waals surface area contributed by atoms with Gasteiger partial charge in [-0.15, -0.1) is 0 Å². The smallest absolute Gasteiger partial charge is 0.406 e. The predicted octanol–water partition coefficient (Wildman–Crippen LogP) is 5.04. The van der Waals surface area contributed by atoms with E-state index in [0.717, 1.165) is 9.87 Å². The van der Waals surface area contributed by atoms with Crippen LogP contribution in [-0.4, -0.2) is 37.1 Å². The number of carboxylic acid groups (broad SMARTS) is 1. The highest BCUT2D eigenvalue weighted by atomic mass is 35.5. The molecule has 1 heterocycles. The fraction of sp³-hybridized carbons (Fsp3) is 0.208. The van der Waals surface area contributed by atoms with Gasteiger partial charge in [0.2, 0.25) is 10.0 Å². The van der Waals surface area contributed by atoms with Crippen LogP contribution in [0.1, 0.15) is 24.2 Å². The molecule has 0 aliphatic carbocycles. The molecule has 4 rings (SSSR count). The predicted molar refractivity (Wildman–Crippen MR) is 127 cm³/mol. The molecule has 1 aliphatic rings. The van der Waals surface area contributed by atoms with Crippen LogP contribution < -0.4 is 14.8 Å². The van der Waals surface area contributed by atoms with E-state index >= 15 is 0 Å². The van der Waals surface area contributed by atoms with Crippen LogP contribution in [0.15, 0.2) is 71.6 Å². The van der Waals surface area contributed by atoms with Crippen molar-refractivity contribution >= 4 is 27.7 Å². The Hall–Kier alpha value is -3.27. The summed E-state index contributed by atoms with van der Waals surface area (Å²) in [7, 11) is -4.07. The fourth-order valence-corrected chi connectivity index (χ4v) is 5.66. The van der Waals surface area contributed by atoms with Gasteiger partial charge in [0.25, 0.3) is 0 Å². The Bertz CT molecular complexity index is 1300. The lowest BCUT2D eigenvalue weighted by atomic mass is 9.98. The van der Waals surface area contributed by atoms with Crippen molar-refractivity contribution < 1.29 is 27.8 Å². The summed E-state index contributed by atoms with van der Waals surface area (Å²) in [6, 6.07) is 18.3. The summed E-state index contributed by atoms with van der Waals surface area (Å²) in [5.41, 5.74) is 1.49. The summed E-state index contributed by atoms with van der Waals surface area (Å²) in [5, 5.41) is 11.8. The number of sulfonamides is 1. The topological polar surface area (TPSA) is 105 Å². The number of nitrogens with zero attached hydrogens (tertiary/aromatic N) is 1. The first kappa shape index (κ1) is 23.9. The number of halogens is 1. The number of fused-ring (bicyclic) bond motifs is 1. The number of hydrogen-bond acceptors (Lipinski definition) is 5. The fourth-order valence-electron chi connectivity index (χ4n) is 3.83. The second kappa shape index (κ2) is 9.92. The molecule has 1 atom stereocenters. The normalized spacial score (nSPS) is 15.9. The van der Waals surface area contributed by atoms with Gasteiger partial charge in [-0.05, 0) is 66.9 Å². The molecule has 0 aromatic heterocycles. The summed E-state index contributed by atoms with van der Waals surface area (Å²) in [6.07, 6.45) is -1.91. The number of carbonyl (C=O) groups is 1. The van der Waals surface area contributed by atoms with Gasteiger partial charge in [0, 0.05) is 6.54 Å². The van der Waals surface area contributed by atoms with E-state index in [4.69, 9.17) is 21.1 Å². The summed E-state index contributed by atoms with van der Waals surface area (Å²) >= 11 is 6.36. The van der Waals surface area contributed by atoms with Crippen molar-refractivity contribution in [3.8, 4) is 17.2 Å². The quantitative estimate of drug-likeness (QED) is 0.468. The van der Waals surface area contributed by atoms with Gasteiger partial charge in [0.05, 0.1) is 16.5 Å². The van der Waals surface area contributed by atoms with Crippen molar-refractivity contribution in [2.75, 3.05) is 13.2 Å². The summed E-state index contributed by atoms with van der Waals surface area (Å²) in [4.78, 5) is 11.4. The SMILES string of the molecule is CCOc1ccc(Oc2ccc(S(=O)(=O)N3CCc4ccccc4C3NC(=O)O)cc2Cl)cc1. The largest absolute Gasteiger partial charge is 0.494 e. The zero-order chi connectivity index (χ0) is 24.3. The van der Waals surface area contributed by atoms with Crippen LogP contribution in [0.3, 0.4) is 0 Å². The molecule has 0 saturated carbocycles. The molecule has 10 heteroatoms. The highest BCUT2D eigenvalue weighted by Crippen LogP contribution is 2.36. The summed E-state index contributed by atoms with van der Waals surface area (Å²) in [6.45, 7) is 2.56. The van der Waals surface area contributed by atoms with Crippen molar-refractivity contribution in [2.45, 2.75) is 24.4 Å². The van der Waals surface area contributed by atoms with Crippen LogP contribution in [-0.2, 0) is 16.4 Å². The molecule has 0 fully saturated rings. The number of hydrogen-bond donors (Lipinski definition) is 2. The maximum atomic E-state index is 13.5. The molecule has 1 unspecified atom stereocenters. The van der Waals surface area contributed by atoms with Crippen LogP contribution in [0.25, 0.3) is 0 Å². The highest BCUT2D eigenvalue weighted by molar-refractivity contribution is 7.89. The Morgan fingerprint density at radius 3 is 2.50 bits per heavy atom. The zero-order valence-electron chi connectivity index (χ0n) is 18.3. The Morgan fingerprint density at radius 2 is 1.82 bits per heavy atom. The second-order valence-electron chi connectivity index (χ2n) is 7.52. The van der Waals surface area contributed by atoms with Gasteiger partial charge in [-0.1, -0.05) is 35.9 Å². The number of nitrogens with one attached hydrogen (secondary N) is 1. The van der Waals surface area contributed by atoms with Crippen molar-refractivity contribution in [2.24, 2.45) is 0 Å². The molecule has 2 N–H and O–H groups in total. The average Bonchev–Trinajstić information content (AvgIpc) is 2.81. The molecular formula is C24H23ClN2O6S. The van der Waals surface area contributed by atoms with Gasteiger partial charge in [0.1, 0.15) is 23.4 Å². The lowest BCUT2D eigenvalue weighted by molar-refractivity contribution is 0.173. The van der Waals surface area contributed by atoms with Crippen molar-refractivity contribution in [3.05, 3.63) is 82.9 Å². The number of benzene rings is 3. The third-order valence-corrected chi connectivity index (χ3v) is 7.53. The van der Waals surface area contributed by atoms with Gasteiger partial charge in [-0.25, -0.2) is 13.2 Å². The first-order valence-corrected chi connectivity index (χ1v) is 12.4. The maximum absolute atomic E-state index is 13.5. The molecule has 178 valence electrons. The third-order valence-electron chi connectivity index (χ3n) is 5.37. The monoisotopic (exact) mass is 502 g/mol. The van der Waals surface area contributed by atoms with Crippen molar-refractivity contribution in [1.29, 1.82) is 0 Å². The van der Waals surface area contributed by atoms with Gasteiger partial charge in [-0.2, -0.15) is 4.31 Å². The first-order chi connectivity index (χ1) is 16.3. The zero-order valence-corrected chi connectivity index (χ0v) is 19.8. The molecule has 0 bridgehead atoms. The van der Waals surface area contributed by atoms with E-state index in [1.807, 2.05) is 19.1 Å². The average molecular weight is 503 g/mol. The van der Waals surface area contributed by atoms with Crippen molar-refractivity contribution in [3.63, 3.8) is 0 Å². The molecule has 3 aromatic carbocycles. The molecule has 34 heavy (non-hydrogen) atoms. The molecule has 1 aliphatic heterocycles. The van der Waals surface area contributed by atoms with Gasteiger partial charge in [-0.3, -0.25) is 0 Å². The molecule has 0 spiro atoms. The lowest BCUT2D eigenvalue weighted by Crippen LogP contribution is -2.47. The van der Waals surface area contributed by atoms with E-state index in [0.29, 0.717) is 30.1 Å². The van der Waals surface area contributed by atoms with E-state index in [1.165, 1.54) is 18.2 Å². The van der Waals surface area contributed by atoms with E-state index in [2.05, 4.69) is 5.32 Å². The van der Waals surface area contributed by atoms with Crippen LogP contribution >= 0.6 is 11.6 Å². The van der Waals surface area contributed by atoms with Gasteiger partial charge < -0.3 is 19.9 Å². The molecule has 0 saturated heterocycles. The lowest BCUT2D eigenvalue weighted by Gasteiger charge is -2.36. The Morgan fingerprint density at radius 1 is 1.12 bits per heavy atom. The van der Waals surface area contributed by atoms with E-state index < -0.39 is 22.3 Å². The van der Waals surface area contributed by atoms with Gasteiger partial charge >= 0.3 is 6.09 Å². The van der Waals surface area contributed by atoms with Crippen molar-refractivity contribution in [1.82, 2.24) is 9.62 Å². The number of ether oxygens (including phenoxy) is 2. The minimum Gasteiger partial charge on any atom is -0.494 e. The van der Waals surface area contributed by atoms with E-state index in [1.54, 1.807) is 36.4 Å². The Balaban J connectivity index is 1.60. The van der Waals surface area contributed by atoms with Crippen LogP contribution in [0.5, 0.6) is 17.2 Å².